The second-order valence-corrected chi connectivity index (χ2v) is 5.18. The van der Waals surface area contributed by atoms with Gasteiger partial charge in [0.05, 0.1) is 6.61 Å². The molecule has 1 saturated heterocycles. The second-order valence-electron chi connectivity index (χ2n) is 5.18. The van der Waals surface area contributed by atoms with Crippen LogP contribution in [0.1, 0.15) is 25.3 Å². The van der Waals surface area contributed by atoms with E-state index in [1.807, 2.05) is 12.3 Å². The third kappa shape index (κ3) is 3.91. The summed E-state index contributed by atoms with van der Waals surface area (Å²) in [4.78, 5) is 7.01. The normalized spacial score (nSPS) is 19.7. The molecular weight excluding hydrogens is 238 g/mol. The Balaban J connectivity index is 2.07. The molecule has 0 radical (unpaired) electrons. The van der Waals surface area contributed by atoms with Gasteiger partial charge < -0.3 is 15.0 Å². The molecule has 1 atom stereocenters. The van der Waals surface area contributed by atoms with Crippen molar-refractivity contribution >= 4 is 5.82 Å². The number of nitrogens with zero attached hydrogens (tertiary/aromatic N) is 2. The summed E-state index contributed by atoms with van der Waals surface area (Å²) >= 11 is 0. The fourth-order valence-corrected chi connectivity index (χ4v) is 2.74. The molecular formula is C15H25N3O. The van der Waals surface area contributed by atoms with Crippen molar-refractivity contribution < 1.29 is 4.74 Å². The minimum absolute atomic E-state index is 0.632. The van der Waals surface area contributed by atoms with Crippen LogP contribution in [0.25, 0.3) is 0 Å². The van der Waals surface area contributed by atoms with Crippen LogP contribution in [0, 0.1) is 5.92 Å². The number of hydrogen-bond acceptors (Lipinski definition) is 4. The molecule has 2 heterocycles. The zero-order valence-electron chi connectivity index (χ0n) is 12.1. The predicted octanol–water partition coefficient (Wildman–Crippen LogP) is 2.05. The van der Waals surface area contributed by atoms with Crippen LogP contribution in [0.5, 0.6) is 0 Å². The number of ether oxygens (including phenoxy) is 1. The van der Waals surface area contributed by atoms with E-state index in [-0.39, 0.29) is 0 Å². The van der Waals surface area contributed by atoms with E-state index >= 15 is 0 Å². The second kappa shape index (κ2) is 7.46. The van der Waals surface area contributed by atoms with Gasteiger partial charge in [0.2, 0.25) is 0 Å². The summed E-state index contributed by atoms with van der Waals surface area (Å²) in [6.45, 7) is 7.03. The summed E-state index contributed by atoms with van der Waals surface area (Å²) in [5, 5.41) is 3.39. The summed E-state index contributed by atoms with van der Waals surface area (Å²) in [6.07, 6.45) is 4.38. The zero-order valence-corrected chi connectivity index (χ0v) is 12.1. The SMILES string of the molecule is CCNCc1cccnc1N1CCCC(COC)C1. The first-order chi connectivity index (χ1) is 9.35. The minimum atomic E-state index is 0.632. The number of rotatable bonds is 6. The molecule has 0 spiro atoms. The average Bonchev–Trinajstić information content (AvgIpc) is 2.46. The molecule has 0 bridgehead atoms. The van der Waals surface area contributed by atoms with E-state index in [0.29, 0.717) is 5.92 Å². The molecule has 0 saturated carbocycles. The van der Waals surface area contributed by atoms with E-state index in [1.165, 1.54) is 18.4 Å². The minimum Gasteiger partial charge on any atom is -0.384 e. The van der Waals surface area contributed by atoms with Crippen LogP contribution in [-0.2, 0) is 11.3 Å². The third-order valence-electron chi connectivity index (χ3n) is 3.65. The lowest BCUT2D eigenvalue weighted by Gasteiger charge is -2.34. The summed E-state index contributed by atoms with van der Waals surface area (Å²) in [5.41, 5.74) is 1.29. The Morgan fingerprint density at radius 1 is 1.53 bits per heavy atom. The smallest absolute Gasteiger partial charge is 0.133 e. The maximum atomic E-state index is 5.30. The van der Waals surface area contributed by atoms with Crippen molar-refractivity contribution in [1.82, 2.24) is 10.3 Å². The van der Waals surface area contributed by atoms with E-state index in [1.54, 1.807) is 7.11 Å². The molecule has 0 aliphatic carbocycles. The fourth-order valence-electron chi connectivity index (χ4n) is 2.74. The van der Waals surface area contributed by atoms with Crippen LogP contribution >= 0.6 is 0 Å². The quantitative estimate of drug-likeness (QED) is 0.852. The standard InChI is InChI=1S/C15H25N3O/c1-3-16-10-14-7-4-8-17-15(14)18-9-5-6-13(11-18)12-19-2/h4,7-8,13,16H,3,5-6,9-12H2,1-2H3. The lowest BCUT2D eigenvalue weighted by molar-refractivity contribution is 0.143. The Kier molecular flexibility index (Phi) is 5.61. The Morgan fingerprint density at radius 3 is 3.21 bits per heavy atom. The Labute approximate surface area is 116 Å². The van der Waals surface area contributed by atoms with Crippen LogP contribution in [0.4, 0.5) is 5.82 Å². The number of methoxy groups -OCH3 is 1. The predicted molar refractivity (Wildman–Crippen MR) is 78.4 cm³/mol. The maximum Gasteiger partial charge on any atom is 0.133 e. The van der Waals surface area contributed by atoms with Crippen molar-refractivity contribution in [1.29, 1.82) is 0 Å². The molecule has 1 N–H and O–H groups in total. The van der Waals surface area contributed by atoms with Crippen LogP contribution < -0.4 is 10.2 Å². The third-order valence-corrected chi connectivity index (χ3v) is 3.65. The van der Waals surface area contributed by atoms with E-state index in [2.05, 4.69) is 28.2 Å². The Hall–Kier alpha value is -1.13. The van der Waals surface area contributed by atoms with Gasteiger partial charge in [-0.1, -0.05) is 13.0 Å². The van der Waals surface area contributed by atoms with Crippen molar-refractivity contribution in [2.24, 2.45) is 5.92 Å². The fraction of sp³-hybridized carbons (Fsp3) is 0.667. The first-order valence-corrected chi connectivity index (χ1v) is 7.23. The van der Waals surface area contributed by atoms with Crippen molar-refractivity contribution in [3.05, 3.63) is 23.9 Å². The molecule has 2 rings (SSSR count). The highest BCUT2D eigenvalue weighted by molar-refractivity contribution is 5.47. The molecule has 4 nitrogen and oxygen atoms in total. The van der Waals surface area contributed by atoms with Crippen molar-refractivity contribution in [2.45, 2.75) is 26.3 Å². The van der Waals surface area contributed by atoms with Gasteiger partial charge in [-0.25, -0.2) is 4.98 Å². The molecule has 1 fully saturated rings. The van der Waals surface area contributed by atoms with Gasteiger partial charge in [0, 0.05) is 38.5 Å². The largest absolute Gasteiger partial charge is 0.384 e. The van der Waals surface area contributed by atoms with Gasteiger partial charge in [0.1, 0.15) is 5.82 Å². The molecule has 1 aliphatic rings. The first kappa shape index (κ1) is 14.3. The van der Waals surface area contributed by atoms with Crippen molar-refractivity contribution in [3.8, 4) is 0 Å². The number of aromatic nitrogens is 1. The topological polar surface area (TPSA) is 37.4 Å². The van der Waals surface area contributed by atoms with Gasteiger partial charge in [-0.3, -0.25) is 0 Å². The number of pyridine rings is 1. The van der Waals surface area contributed by atoms with E-state index in [4.69, 9.17) is 4.74 Å². The molecule has 1 unspecified atom stereocenters. The monoisotopic (exact) mass is 263 g/mol. The molecule has 1 aliphatic heterocycles. The molecule has 0 aromatic carbocycles. The zero-order chi connectivity index (χ0) is 13.5. The molecule has 4 heteroatoms. The summed E-state index contributed by atoms with van der Waals surface area (Å²) in [5.74, 6) is 1.77. The van der Waals surface area contributed by atoms with Gasteiger partial charge in [0.15, 0.2) is 0 Å². The van der Waals surface area contributed by atoms with Gasteiger partial charge in [0.25, 0.3) is 0 Å². The van der Waals surface area contributed by atoms with Gasteiger partial charge in [-0.05, 0) is 31.4 Å². The highest BCUT2D eigenvalue weighted by Crippen LogP contribution is 2.24. The van der Waals surface area contributed by atoms with E-state index < -0.39 is 0 Å². The molecule has 106 valence electrons. The molecule has 19 heavy (non-hydrogen) atoms. The van der Waals surface area contributed by atoms with Crippen LogP contribution in [0.2, 0.25) is 0 Å². The van der Waals surface area contributed by atoms with Gasteiger partial charge in [-0.2, -0.15) is 0 Å². The Morgan fingerprint density at radius 2 is 2.42 bits per heavy atom. The number of hydrogen-bond donors (Lipinski definition) is 1. The summed E-state index contributed by atoms with van der Waals surface area (Å²) < 4.78 is 5.30. The first-order valence-electron chi connectivity index (χ1n) is 7.23. The highest BCUT2D eigenvalue weighted by Gasteiger charge is 2.22. The molecule has 1 aromatic rings. The summed E-state index contributed by atoms with van der Waals surface area (Å²) in [6, 6.07) is 4.19. The van der Waals surface area contributed by atoms with Gasteiger partial charge in [-0.15, -0.1) is 0 Å². The van der Waals surface area contributed by atoms with Crippen LogP contribution in [0.15, 0.2) is 18.3 Å². The number of piperidine rings is 1. The Bertz CT molecular complexity index is 381. The van der Waals surface area contributed by atoms with E-state index in [0.717, 1.165) is 38.6 Å². The van der Waals surface area contributed by atoms with Crippen molar-refractivity contribution in [3.63, 3.8) is 0 Å². The van der Waals surface area contributed by atoms with E-state index in [9.17, 15) is 0 Å². The average molecular weight is 263 g/mol. The lowest BCUT2D eigenvalue weighted by atomic mass is 9.98. The van der Waals surface area contributed by atoms with Crippen LogP contribution in [0.3, 0.4) is 0 Å². The molecule has 1 aromatic heterocycles. The molecule has 0 amide bonds. The number of anilines is 1. The highest BCUT2D eigenvalue weighted by atomic mass is 16.5. The maximum absolute atomic E-state index is 5.30. The lowest BCUT2D eigenvalue weighted by Crippen LogP contribution is -2.38. The van der Waals surface area contributed by atoms with Crippen molar-refractivity contribution in [2.75, 3.05) is 38.3 Å². The summed E-state index contributed by atoms with van der Waals surface area (Å²) in [7, 11) is 1.79. The number of nitrogens with one attached hydrogen (secondary N) is 1. The van der Waals surface area contributed by atoms with Gasteiger partial charge >= 0.3 is 0 Å². The van der Waals surface area contributed by atoms with Crippen LogP contribution in [-0.4, -0.2) is 38.3 Å².